The van der Waals surface area contributed by atoms with Gasteiger partial charge in [-0.2, -0.15) is 20.1 Å². The molecule has 8 nitrogen and oxygen atoms in total. The molecule has 1 aliphatic rings. The molecule has 0 atom stereocenters. The van der Waals surface area contributed by atoms with Crippen LogP contribution < -0.4 is 15.6 Å². The molecule has 0 bridgehead atoms. The second-order valence-corrected chi connectivity index (χ2v) is 8.39. The van der Waals surface area contributed by atoms with Crippen molar-refractivity contribution in [1.82, 2.24) is 15.0 Å². The molecule has 0 saturated carbocycles. The lowest BCUT2D eigenvalue weighted by molar-refractivity contribution is 0.474. The van der Waals surface area contributed by atoms with Gasteiger partial charge in [-0.05, 0) is 54.7 Å². The van der Waals surface area contributed by atoms with E-state index in [0.29, 0.717) is 23.4 Å². The van der Waals surface area contributed by atoms with E-state index in [1.54, 1.807) is 12.3 Å². The number of anilines is 4. The van der Waals surface area contributed by atoms with Gasteiger partial charge in [0.1, 0.15) is 5.75 Å². The number of hydrazone groups is 1. The molecule has 3 aromatic carbocycles. The lowest BCUT2D eigenvalue weighted by Gasteiger charge is -2.16. The van der Waals surface area contributed by atoms with Gasteiger partial charge in [-0.15, -0.1) is 0 Å². The van der Waals surface area contributed by atoms with Gasteiger partial charge in [0, 0.05) is 24.3 Å². The van der Waals surface area contributed by atoms with Crippen LogP contribution >= 0.6 is 0 Å². The topological polar surface area (TPSA) is 98.6 Å². The molecular weight excluding hydrogens is 438 g/mol. The molecule has 35 heavy (non-hydrogen) atoms. The Labute approximate surface area is 204 Å². The normalized spacial score (nSPS) is 13.3. The Morgan fingerprint density at radius 3 is 2.31 bits per heavy atom. The zero-order valence-electron chi connectivity index (χ0n) is 19.3. The van der Waals surface area contributed by atoms with Crippen LogP contribution in [-0.2, 0) is 6.42 Å². The van der Waals surface area contributed by atoms with E-state index in [2.05, 4.69) is 47.8 Å². The number of rotatable bonds is 8. The maximum atomic E-state index is 10.3. The molecule has 3 N–H and O–H groups in total. The molecule has 0 amide bonds. The largest absolute Gasteiger partial charge is 0.507 e. The summed E-state index contributed by atoms with van der Waals surface area (Å²) in [5.41, 5.74) is 6.70. The molecule has 0 spiro atoms. The lowest BCUT2D eigenvalue weighted by atomic mass is 10.0. The van der Waals surface area contributed by atoms with Crippen molar-refractivity contribution >= 4 is 29.7 Å². The minimum Gasteiger partial charge on any atom is -0.507 e. The Balaban J connectivity index is 1.34. The molecule has 0 unspecified atom stereocenters. The summed E-state index contributed by atoms with van der Waals surface area (Å²) in [4.78, 5) is 15.8. The molecule has 4 aromatic rings. The first-order valence-electron chi connectivity index (χ1n) is 11.7. The van der Waals surface area contributed by atoms with Crippen LogP contribution in [0.2, 0.25) is 0 Å². The molecule has 1 aliphatic heterocycles. The average molecular weight is 466 g/mol. The van der Waals surface area contributed by atoms with Crippen molar-refractivity contribution in [3.8, 4) is 5.75 Å². The van der Waals surface area contributed by atoms with E-state index in [1.165, 1.54) is 5.56 Å². The van der Waals surface area contributed by atoms with Crippen LogP contribution in [0, 0.1) is 0 Å². The van der Waals surface area contributed by atoms with Gasteiger partial charge >= 0.3 is 0 Å². The second kappa shape index (κ2) is 10.6. The van der Waals surface area contributed by atoms with E-state index in [1.807, 2.05) is 60.7 Å². The van der Waals surface area contributed by atoms with Gasteiger partial charge in [-0.1, -0.05) is 54.6 Å². The number of aromatic nitrogens is 3. The van der Waals surface area contributed by atoms with Gasteiger partial charge in [-0.3, -0.25) is 0 Å². The first-order chi connectivity index (χ1) is 17.2. The number of aromatic hydroxyl groups is 1. The molecule has 0 radical (unpaired) electrons. The SMILES string of the molecule is Oc1ccc(Cc2ccccc2)cc1C=NNc1nc(Nc2ccccc2)nc(N2CCCC2)n1. The molecule has 176 valence electrons. The summed E-state index contributed by atoms with van der Waals surface area (Å²) in [6, 6.07) is 25.5. The van der Waals surface area contributed by atoms with Crippen LogP contribution in [0.3, 0.4) is 0 Å². The van der Waals surface area contributed by atoms with E-state index in [4.69, 9.17) is 0 Å². The summed E-state index contributed by atoms with van der Waals surface area (Å²) >= 11 is 0. The molecule has 1 aromatic heterocycles. The Bertz CT molecular complexity index is 1290. The Morgan fingerprint density at radius 1 is 0.829 bits per heavy atom. The number of nitrogens with one attached hydrogen (secondary N) is 2. The first-order valence-corrected chi connectivity index (χ1v) is 11.7. The zero-order valence-corrected chi connectivity index (χ0v) is 19.3. The third-order valence-corrected chi connectivity index (χ3v) is 5.75. The number of benzene rings is 3. The fourth-order valence-electron chi connectivity index (χ4n) is 3.99. The smallest absolute Gasteiger partial charge is 0.250 e. The van der Waals surface area contributed by atoms with E-state index in [9.17, 15) is 5.11 Å². The number of hydrogen-bond donors (Lipinski definition) is 3. The highest BCUT2D eigenvalue weighted by Crippen LogP contribution is 2.22. The maximum absolute atomic E-state index is 10.3. The minimum atomic E-state index is 0.159. The van der Waals surface area contributed by atoms with Gasteiger partial charge in [0.2, 0.25) is 17.8 Å². The number of nitrogens with zero attached hydrogens (tertiary/aromatic N) is 5. The van der Waals surface area contributed by atoms with Gasteiger partial charge in [0.15, 0.2) is 0 Å². The number of hydrogen-bond acceptors (Lipinski definition) is 8. The van der Waals surface area contributed by atoms with Crippen molar-refractivity contribution in [3.05, 3.63) is 95.6 Å². The summed E-state index contributed by atoms with van der Waals surface area (Å²) in [5, 5.41) is 17.9. The monoisotopic (exact) mass is 465 g/mol. The van der Waals surface area contributed by atoms with E-state index < -0.39 is 0 Å². The zero-order chi connectivity index (χ0) is 23.9. The van der Waals surface area contributed by atoms with Crippen molar-refractivity contribution in [2.24, 2.45) is 5.10 Å². The highest BCUT2D eigenvalue weighted by molar-refractivity contribution is 5.84. The molecule has 8 heteroatoms. The highest BCUT2D eigenvalue weighted by atomic mass is 16.3. The van der Waals surface area contributed by atoms with Crippen molar-refractivity contribution in [2.45, 2.75) is 19.3 Å². The van der Waals surface area contributed by atoms with Crippen LogP contribution in [-0.4, -0.2) is 39.4 Å². The van der Waals surface area contributed by atoms with Gasteiger partial charge in [0.25, 0.3) is 0 Å². The molecule has 0 aliphatic carbocycles. The quantitative estimate of drug-likeness (QED) is 0.250. The molecule has 1 fully saturated rings. The summed E-state index contributed by atoms with van der Waals surface area (Å²) in [5.74, 6) is 1.54. The van der Waals surface area contributed by atoms with Crippen LogP contribution in [0.25, 0.3) is 0 Å². The van der Waals surface area contributed by atoms with Gasteiger partial charge in [-0.25, -0.2) is 5.43 Å². The first kappa shape index (κ1) is 22.3. The van der Waals surface area contributed by atoms with Crippen molar-refractivity contribution < 1.29 is 5.11 Å². The predicted octanol–water partition coefficient (Wildman–Crippen LogP) is 4.96. The highest BCUT2D eigenvalue weighted by Gasteiger charge is 2.17. The van der Waals surface area contributed by atoms with Gasteiger partial charge in [0.05, 0.1) is 6.21 Å². The van der Waals surface area contributed by atoms with Crippen molar-refractivity contribution in [3.63, 3.8) is 0 Å². The maximum Gasteiger partial charge on any atom is 0.250 e. The van der Waals surface area contributed by atoms with Crippen LogP contribution in [0.4, 0.5) is 23.5 Å². The fourth-order valence-corrected chi connectivity index (χ4v) is 3.99. The second-order valence-electron chi connectivity index (χ2n) is 8.39. The van der Waals surface area contributed by atoms with Gasteiger partial charge < -0.3 is 15.3 Å². The van der Waals surface area contributed by atoms with Crippen LogP contribution in [0.5, 0.6) is 5.75 Å². The van der Waals surface area contributed by atoms with Crippen molar-refractivity contribution in [2.75, 3.05) is 28.7 Å². The Morgan fingerprint density at radius 2 is 1.54 bits per heavy atom. The molecule has 5 rings (SSSR count). The van der Waals surface area contributed by atoms with E-state index >= 15 is 0 Å². The summed E-state index contributed by atoms with van der Waals surface area (Å²) in [6.45, 7) is 1.83. The van der Waals surface area contributed by atoms with Crippen molar-refractivity contribution in [1.29, 1.82) is 0 Å². The predicted molar refractivity (Wildman–Crippen MR) is 140 cm³/mol. The van der Waals surface area contributed by atoms with Crippen LogP contribution in [0.15, 0.2) is 84.0 Å². The summed E-state index contributed by atoms with van der Waals surface area (Å²) in [7, 11) is 0. The minimum absolute atomic E-state index is 0.159. The Hall–Kier alpha value is -4.46. The fraction of sp³-hybridized carbons (Fsp3) is 0.185. The summed E-state index contributed by atoms with van der Waals surface area (Å²) in [6.07, 6.45) is 4.59. The number of phenolic OH excluding ortho intramolecular Hbond substituents is 1. The molecule has 2 heterocycles. The molecular formula is C27H27N7O. The third kappa shape index (κ3) is 5.92. The average Bonchev–Trinajstić information content (AvgIpc) is 3.42. The standard InChI is InChI=1S/C27H27N7O/c35-24-14-13-21(17-20-9-3-1-4-10-20)18-22(24)19-28-33-26-30-25(29-23-11-5-2-6-12-23)31-27(32-26)34-15-7-8-16-34/h1-6,9-14,18-19,35H,7-8,15-17H2,(H2,29,30,31,32,33). The number of para-hydroxylation sites is 1. The number of phenols is 1. The Kier molecular flexibility index (Phi) is 6.79. The van der Waals surface area contributed by atoms with E-state index in [-0.39, 0.29) is 5.75 Å². The van der Waals surface area contributed by atoms with E-state index in [0.717, 1.165) is 43.6 Å². The summed E-state index contributed by atoms with van der Waals surface area (Å²) < 4.78 is 0. The van der Waals surface area contributed by atoms with Crippen LogP contribution in [0.1, 0.15) is 29.5 Å². The third-order valence-electron chi connectivity index (χ3n) is 5.75. The molecule has 1 saturated heterocycles. The lowest BCUT2D eigenvalue weighted by Crippen LogP contribution is -2.21.